The summed E-state index contributed by atoms with van der Waals surface area (Å²) in [6, 6.07) is 1.70. The van der Waals surface area contributed by atoms with Crippen LogP contribution < -0.4 is 9.62 Å². The van der Waals surface area contributed by atoms with Crippen molar-refractivity contribution in [2.24, 2.45) is 7.05 Å². The first kappa shape index (κ1) is 18.7. The van der Waals surface area contributed by atoms with E-state index in [0.717, 1.165) is 18.9 Å². The Kier molecular flexibility index (Phi) is 5.54. The van der Waals surface area contributed by atoms with Crippen LogP contribution in [0.15, 0.2) is 23.5 Å². The molecule has 1 aliphatic rings. The molecule has 26 heavy (non-hydrogen) atoms. The number of morpholine rings is 1. The highest BCUT2D eigenvalue weighted by Crippen LogP contribution is 2.16. The summed E-state index contributed by atoms with van der Waals surface area (Å²) in [5, 5.41) is 0.0196. The molecule has 0 unspecified atom stereocenters. The quantitative estimate of drug-likeness (QED) is 0.785. The first-order valence-electron chi connectivity index (χ1n) is 8.54. The van der Waals surface area contributed by atoms with Crippen molar-refractivity contribution in [3.8, 4) is 0 Å². The highest BCUT2D eigenvalue weighted by molar-refractivity contribution is 7.89. The van der Waals surface area contributed by atoms with Gasteiger partial charge < -0.3 is 14.2 Å². The Morgan fingerprint density at radius 2 is 2.00 bits per heavy atom. The maximum atomic E-state index is 12.5. The summed E-state index contributed by atoms with van der Waals surface area (Å²) in [7, 11) is -1.92. The molecule has 0 saturated carbocycles. The van der Waals surface area contributed by atoms with E-state index >= 15 is 0 Å². The second-order valence-corrected chi connectivity index (χ2v) is 8.19. The second kappa shape index (κ2) is 7.68. The molecule has 1 saturated heterocycles. The molecule has 0 spiro atoms. The lowest BCUT2D eigenvalue weighted by atomic mass is 10.2. The predicted molar refractivity (Wildman–Crippen MR) is 96.4 cm³/mol. The molecule has 0 aliphatic carbocycles. The van der Waals surface area contributed by atoms with Crippen LogP contribution in [0.1, 0.15) is 31.3 Å². The molecule has 1 aliphatic heterocycles. The van der Waals surface area contributed by atoms with E-state index in [1.165, 1.54) is 6.20 Å². The highest BCUT2D eigenvalue weighted by atomic mass is 32.2. The van der Waals surface area contributed by atoms with E-state index in [-0.39, 0.29) is 17.5 Å². The second-order valence-electron chi connectivity index (χ2n) is 6.47. The Hall–Kier alpha value is -2.04. The summed E-state index contributed by atoms with van der Waals surface area (Å²) in [6.07, 6.45) is 3.16. The molecule has 142 valence electrons. The first-order valence-corrected chi connectivity index (χ1v) is 10.0. The van der Waals surface area contributed by atoms with E-state index in [0.29, 0.717) is 24.9 Å². The van der Waals surface area contributed by atoms with Crippen LogP contribution in [0.4, 0.5) is 5.95 Å². The van der Waals surface area contributed by atoms with Gasteiger partial charge in [-0.3, -0.25) is 0 Å². The molecule has 9 nitrogen and oxygen atoms in total. The third-order valence-electron chi connectivity index (χ3n) is 4.12. The minimum Gasteiger partial charge on any atom is -0.378 e. The first-order chi connectivity index (χ1) is 12.4. The van der Waals surface area contributed by atoms with Gasteiger partial charge in [0.05, 0.1) is 25.5 Å². The topological polar surface area (TPSA) is 102 Å². The van der Waals surface area contributed by atoms with Crippen molar-refractivity contribution < 1.29 is 13.2 Å². The minimum atomic E-state index is -3.71. The van der Waals surface area contributed by atoms with Gasteiger partial charge in [-0.05, 0) is 6.07 Å². The summed E-state index contributed by atoms with van der Waals surface area (Å²) in [5.74, 6) is 1.45. The van der Waals surface area contributed by atoms with Gasteiger partial charge in [0.25, 0.3) is 10.0 Å². The number of nitrogens with one attached hydrogen (secondary N) is 1. The number of imidazole rings is 1. The Labute approximate surface area is 153 Å². The fourth-order valence-electron chi connectivity index (χ4n) is 2.76. The van der Waals surface area contributed by atoms with Crippen LogP contribution in [-0.2, 0) is 28.4 Å². The number of anilines is 1. The number of nitrogens with zero attached hydrogens (tertiary/aromatic N) is 5. The number of ether oxygens (including phenoxy) is 1. The molecular weight excluding hydrogens is 356 g/mol. The largest absolute Gasteiger partial charge is 0.378 e. The van der Waals surface area contributed by atoms with Gasteiger partial charge in [0.1, 0.15) is 5.82 Å². The number of hydrogen-bond acceptors (Lipinski definition) is 7. The maximum Gasteiger partial charge on any atom is 0.259 e. The molecule has 3 rings (SSSR count). The van der Waals surface area contributed by atoms with Gasteiger partial charge in [0.15, 0.2) is 5.03 Å². The van der Waals surface area contributed by atoms with Crippen molar-refractivity contribution in [1.82, 2.24) is 24.2 Å². The molecule has 1 fully saturated rings. The molecule has 1 N–H and O–H groups in total. The fraction of sp³-hybridized carbons (Fsp3) is 0.562. The van der Waals surface area contributed by atoms with Gasteiger partial charge in [-0.15, -0.1) is 0 Å². The van der Waals surface area contributed by atoms with Crippen molar-refractivity contribution in [3.05, 3.63) is 30.0 Å². The van der Waals surface area contributed by atoms with Gasteiger partial charge >= 0.3 is 0 Å². The summed E-state index contributed by atoms with van der Waals surface area (Å²) >= 11 is 0. The maximum absolute atomic E-state index is 12.5. The lowest BCUT2D eigenvalue weighted by molar-refractivity contribution is 0.122. The molecule has 10 heteroatoms. The summed E-state index contributed by atoms with van der Waals surface area (Å²) in [5.41, 5.74) is 0.602. The molecule has 3 heterocycles. The number of rotatable bonds is 6. The standard InChI is InChI=1S/C16H24N6O3S/c1-12(2)15-20-14(11-21(15)3)26(23,24)18-10-13-4-5-17-16(19-13)22-6-8-25-9-7-22/h4-5,11-12,18H,6-10H2,1-3H3. The average Bonchev–Trinajstić information content (AvgIpc) is 3.04. The van der Waals surface area contributed by atoms with E-state index in [2.05, 4.69) is 19.7 Å². The number of aromatic nitrogens is 4. The van der Waals surface area contributed by atoms with Gasteiger partial charge in [0, 0.05) is 38.4 Å². The highest BCUT2D eigenvalue weighted by Gasteiger charge is 2.21. The Balaban J connectivity index is 1.70. The zero-order chi connectivity index (χ0) is 18.7. The van der Waals surface area contributed by atoms with E-state index in [1.54, 1.807) is 23.9 Å². The zero-order valence-corrected chi connectivity index (χ0v) is 16.0. The molecule has 0 radical (unpaired) electrons. The SMILES string of the molecule is CC(C)c1nc(S(=O)(=O)NCc2ccnc(N3CCOCC3)n2)cn1C. The summed E-state index contributed by atoms with van der Waals surface area (Å²) < 4.78 is 34.7. The minimum absolute atomic E-state index is 0.0196. The van der Waals surface area contributed by atoms with Crippen molar-refractivity contribution in [2.45, 2.75) is 31.3 Å². The predicted octanol–water partition coefficient (Wildman–Crippen LogP) is 0.649. The van der Waals surface area contributed by atoms with E-state index in [9.17, 15) is 8.42 Å². The van der Waals surface area contributed by atoms with Gasteiger partial charge in [-0.25, -0.2) is 28.1 Å². The molecule has 0 amide bonds. The van der Waals surface area contributed by atoms with Gasteiger partial charge in [0.2, 0.25) is 5.95 Å². The lowest BCUT2D eigenvalue weighted by Gasteiger charge is -2.26. The normalized spacial score (nSPS) is 15.6. The Bertz CT molecular complexity index is 859. The third kappa shape index (κ3) is 4.19. The smallest absolute Gasteiger partial charge is 0.259 e. The molecule has 2 aromatic heterocycles. The van der Waals surface area contributed by atoms with Gasteiger partial charge in [-0.2, -0.15) is 0 Å². The van der Waals surface area contributed by atoms with Crippen LogP contribution in [0.3, 0.4) is 0 Å². The van der Waals surface area contributed by atoms with Crippen LogP contribution in [0.25, 0.3) is 0 Å². The van der Waals surface area contributed by atoms with Crippen molar-refractivity contribution in [3.63, 3.8) is 0 Å². The van der Waals surface area contributed by atoms with Crippen LogP contribution >= 0.6 is 0 Å². The fourth-order valence-corrected chi connectivity index (χ4v) is 3.76. The van der Waals surface area contributed by atoms with Crippen molar-refractivity contribution >= 4 is 16.0 Å². The average molecular weight is 380 g/mol. The monoisotopic (exact) mass is 380 g/mol. The van der Waals surface area contributed by atoms with E-state index in [4.69, 9.17) is 4.74 Å². The molecule has 0 atom stereocenters. The third-order valence-corrected chi connectivity index (χ3v) is 5.39. The van der Waals surface area contributed by atoms with Crippen molar-refractivity contribution in [1.29, 1.82) is 0 Å². The van der Waals surface area contributed by atoms with Crippen molar-refractivity contribution in [2.75, 3.05) is 31.2 Å². The van der Waals surface area contributed by atoms with E-state index in [1.807, 2.05) is 18.7 Å². The number of sulfonamides is 1. The van der Waals surface area contributed by atoms with Crippen LogP contribution in [0, 0.1) is 0 Å². The zero-order valence-electron chi connectivity index (χ0n) is 15.2. The van der Waals surface area contributed by atoms with Crippen LogP contribution in [0.2, 0.25) is 0 Å². The Morgan fingerprint density at radius 1 is 1.27 bits per heavy atom. The molecule has 2 aromatic rings. The van der Waals surface area contributed by atoms with Gasteiger partial charge in [-0.1, -0.05) is 13.8 Å². The van der Waals surface area contributed by atoms with E-state index < -0.39 is 10.0 Å². The summed E-state index contributed by atoms with van der Waals surface area (Å²) in [6.45, 7) is 6.74. The van der Waals surface area contributed by atoms with Crippen LogP contribution in [0.5, 0.6) is 0 Å². The summed E-state index contributed by atoms with van der Waals surface area (Å²) in [4.78, 5) is 15.0. The van der Waals surface area contributed by atoms with Crippen LogP contribution in [-0.4, -0.2) is 54.2 Å². The molecule has 0 bridgehead atoms. The number of aryl methyl sites for hydroxylation is 1. The lowest BCUT2D eigenvalue weighted by Crippen LogP contribution is -2.37. The molecule has 0 aromatic carbocycles. The number of hydrogen-bond donors (Lipinski definition) is 1. The Morgan fingerprint density at radius 3 is 2.65 bits per heavy atom. The molecular formula is C16H24N6O3S.